The fourth-order valence-corrected chi connectivity index (χ4v) is 2.90. The molecule has 0 saturated carbocycles. The Balaban J connectivity index is 0.000000396. The molecule has 2 aromatic rings. The van der Waals surface area contributed by atoms with E-state index in [1.54, 1.807) is 18.2 Å². The molecule has 2 rings (SSSR count). The quantitative estimate of drug-likeness (QED) is 0.543. The number of rotatable bonds is 4. The van der Waals surface area contributed by atoms with Gasteiger partial charge >= 0.3 is 6.09 Å². The molecule has 0 spiro atoms. The van der Waals surface area contributed by atoms with Gasteiger partial charge in [0, 0.05) is 22.5 Å². The normalized spacial score (nSPS) is 11.3. The zero-order valence-electron chi connectivity index (χ0n) is 18.5. The van der Waals surface area contributed by atoms with E-state index in [2.05, 4.69) is 46.9 Å². The Morgan fingerprint density at radius 2 is 1.59 bits per heavy atom. The third kappa shape index (κ3) is 9.34. The summed E-state index contributed by atoms with van der Waals surface area (Å²) >= 11 is 0. The van der Waals surface area contributed by atoms with E-state index in [9.17, 15) is 4.79 Å². The second kappa shape index (κ2) is 10.2. The van der Waals surface area contributed by atoms with Crippen molar-refractivity contribution in [3.05, 3.63) is 42.5 Å². The standard InChI is InChI=1S/C15H16N2O3.C8H18O/c1-2-20-14-6-4-3-5-12(14)11-8-7-10(9-13(11)16)17-15(18)19;1-7(2,3)9-8(4,5)6/h3-9,17H,2,16H2,1H3,(H,18,19);1-6H3. The highest BCUT2D eigenvalue weighted by atomic mass is 16.5. The Bertz CT molecular complexity index is 793. The smallest absolute Gasteiger partial charge is 0.409 e. The summed E-state index contributed by atoms with van der Waals surface area (Å²) in [6, 6.07) is 12.6. The molecule has 0 aliphatic carbocycles. The van der Waals surface area contributed by atoms with Gasteiger partial charge in [-0.15, -0.1) is 0 Å². The van der Waals surface area contributed by atoms with E-state index in [4.69, 9.17) is 20.3 Å². The molecule has 0 aromatic heterocycles. The van der Waals surface area contributed by atoms with E-state index in [1.807, 2.05) is 31.2 Å². The molecule has 0 aliphatic rings. The largest absolute Gasteiger partial charge is 0.493 e. The van der Waals surface area contributed by atoms with E-state index in [1.165, 1.54) is 0 Å². The van der Waals surface area contributed by atoms with Crippen LogP contribution in [0.2, 0.25) is 0 Å². The van der Waals surface area contributed by atoms with Crippen LogP contribution in [0, 0.1) is 0 Å². The van der Waals surface area contributed by atoms with Gasteiger partial charge in [-0.1, -0.05) is 24.3 Å². The number of carbonyl (C=O) groups is 1. The second-order valence-electron chi connectivity index (χ2n) is 8.49. The van der Waals surface area contributed by atoms with Gasteiger partial charge in [0.1, 0.15) is 5.75 Å². The van der Waals surface area contributed by atoms with E-state index >= 15 is 0 Å². The number of ether oxygens (including phenoxy) is 2. The highest BCUT2D eigenvalue weighted by molar-refractivity contribution is 5.87. The van der Waals surface area contributed by atoms with Crippen molar-refractivity contribution in [1.29, 1.82) is 0 Å². The summed E-state index contributed by atoms with van der Waals surface area (Å²) in [6.07, 6.45) is -1.12. The topological polar surface area (TPSA) is 93.8 Å². The van der Waals surface area contributed by atoms with Crippen molar-refractivity contribution in [2.24, 2.45) is 0 Å². The Hall–Kier alpha value is -2.73. The molecule has 0 aliphatic heterocycles. The molecule has 29 heavy (non-hydrogen) atoms. The van der Waals surface area contributed by atoms with Gasteiger partial charge in [0.25, 0.3) is 0 Å². The van der Waals surface area contributed by atoms with Crippen LogP contribution in [0.5, 0.6) is 5.75 Å². The van der Waals surface area contributed by atoms with Gasteiger partial charge in [-0.05, 0) is 66.7 Å². The van der Waals surface area contributed by atoms with E-state index in [0.29, 0.717) is 18.0 Å². The predicted molar refractivity (Wildman–Crippen MR) is 120 cm³/mol. The minimum Gasteiger partial charge on any atom is -0.493 e. The van der Waals surface area contributed by atoms with Crippen molar-refractivity contribution >= 4 is 17.5 Å². The van der Waals surface area contributed by atoms with Gasteiger partial charge in [0.2, 0.25) is 0 Å². The average Bonchev–Trinajstić information content (AvgIpc) is 2.53. The lowest BCUT2D eigenvalue weighted by atomic mass is 10.0. The number of nitrogens with two attached hydrogens (primary N) is 1. The molecule has 2 aromatic carbocycles. The van der Waals surface area contributed by atoms with Crippen molar-refractivity contribution in [1.82, 2.24) is 0 Å². The summed E-state index contributed by atoms with van der Waals surface area (Å²) in [6.45, 7) is 14.9. The highest BCUT2D eigenvalue weighted by Gasteiger charge is 2.20. The number of benzene rings is 2. The maximum absolute atomic E-state index is 10.6. The van der Waals surface area contributed by atoms with Crippen LogP contribution in [0.1, 0.15) is 48.5 Å². The molecule has 0 heterocycles. The number of hydrogen-bond acceptors (Lipinski definition) is 4. The average molecular weight is 403 g/mol. The van der Waals surface area contributed by atoms with Crippen LogP contribution in [0.15, 0.2) is 42.5 Å². The molecule has 4 N–H and O–H groups in total. The van der Waals surface area contributed by atoms with Crippen molar-refractivity contribution in [3.8, 4) is 16.9 Å². The maximum Gasteiger partial charge on any atom is 0.409 e. The Kier molecular flexibility index (Phi) is 8.52. The summed E-state index contributed by atoms with van der Waals surface area (Å²) in [7, 11) is 0. The third-order valence-corrected chi connectivity index (χ3v) is 3.39. The number of nitrogen functional groups attached to an aromatic ring is 1. The van der Waals surface area contributed by atoms with Gasteiger partial charge in [-0.3, -0.25) is 5.32 Å². The molecule has 0 fully saturated rings. The zero-order chi connectivity index (χ0) is 22.2. The third-order valence-electron chi connectivity index (χ3n) is 3.39. The zero-order valence-corrected chi connectivity index (χ0v) is 18.5. The van der Waals surface area contributed by atoms with Crippen molar-refractivity contribution in [2.45, 2.75) is 59.7 Å². The maximum atomic E-state index is 10.6. The van der Waals surface area contributed by atoms with Crippen LogP contribution in [0.3, 0.4) is 0 Å². The summed E-state index contributed by atoms with van der Waals surface area (Å²) in [5.74, 6) is 0.751. The minimum atomic E-state index is -1.12. The molecular formula is C23H34N2O4. The number of nitrogens with one attached hydrogen (secondary N) is 1. The molecule has 6 nitrogen and oxygen atoms in total. The first kappa shape index (κ1) is 24.3. The van der Waals surface area contributed by atoms with Gasteiger partial charge in [0.05, 0.1) is 17.8 Å². The highest BCUT2D eigenvalue weighted by Crippen LogP contribution is 2.35. The Morgan fingerprint density at radius 1 is 1.00 bits per heavy atom. The number of amides is 1. The molecular weight excluding hydrogens is 368 g/mol. The molecule has 1 amide bonds. The lowest BCUT2D eigenvalue weighted by molar-refractivity contribution is -0.102. The fraction of sp³-hybridized carbons (Fsp3) is 0.435. The van der Waals surface area contributed by atoms with Gasteiger partial charge < -0.3 is 20.3 Å². The number of para-hydroxylation sites is 1. The van der Waals surface area contributed by atoms with Crippen molar-refractivity contribution < 1.29 is 19.4 Å². The van der Waals surface area contributed by atoms with Crippen LogP contribution >= 0.6 is 0 Å². The number of hydrogen-bond donors (Lipinski definition) is 3. The lowest BCUT2D eigenvalue weighted by Gasteiger charge is -2.30. The molecule has 0 atom stereocenters. The lowest BCUT2D eigenvalue weighted by Crippen LogP contribution is -2.31. The first-order valence-electron chi connectivity index (χ1n) is 9.64. The second-order valence-corrected chi connectivity index (χ2v) is 8.49. The van der Waals surface area contributed by atoms with Crippen LogP contribution in [-0.2, 0) is 4.74 Å². The van der Waals surface area contributed by atoms with E-state index in [0.717, 1.165) is 16.9 Å². The first-order valence-corrected chi connectivity index (χ1v) is 9.64. The monoisotopic (exact) mass is 402 g/mol. The van der Waals surface area contributed by atoms with E-state index < -0.39 is 6.09 Å². The summed E-state index contributed by atoms with van der Waals surface area (Å²) in [5.41, 5.74) is 8.59. The van der Waals surface area contributed by atoms with Crippen molar-refractivity contribution in [3.63, 3.8) is 0 Å². The first-order chi connectivity index (χ1) is 13.3. The SMILES string of the molecule is CC(C)(C)OC(C)(C)C.CCOc1ccccc1-c1ccc(NC(=O)O)cc1N. The van der Waals surface area contributed by atoms with Gasteiger partial charge in [0.15, 0.2) is 0 Å². The van der Waals surface area contributed by atoms with Crippen LogP contribution in [0.25, 0.3) is 11.1 Å². The Labute approximate surface area is 174 Å². The molecule has 0 unspecified atom stereocenters. The molecule has 0 bridgehead atoms. The number of anilines is 2. The number of carboxylic acid groups (broad SMARTS) is 1. The summed E-state index contributed by atoms with van der Waals surface area (Å²) < 4.78 is 11.2. The van der Waals surface area contributed by atoms with Gasteiger partial charge in [-0.25, -0.2) is 4.79 Å². The molecule has 160 valence electrons. The predicted octanol–water partition coefficient (Wildman–Crippen LogP) is 6.02. The molecule has 0 saturated heterocycles. The fourth-order valence-electron chi connectivity index (χ4n) is 2.90. The minimum absolute atomic E-state index is 0.0156. The van der Waals surface area contributed by atoms with Crippen LogP contribution < -0.4 is 15.8 Å². The van der Waals surface area contributed by atoms with Crippen LogP contribution in [-0.4, -0.2) is 29.0 Å². The summed E-state index contributed by atoms with van der Waals surface area (Å²) in [4.78, 5) is 10.6. The molecule has 6 heteroatoms. The summed E-state index contributed by atoms with van der Waals surface area (Å²) in [5, 5.41) is 11.0. The van der Waals surface area contributed by atoms with Gasteiger partial charge in [-0.2, -0.15) is 0 Å². The molecule has 0 radical (unpaired) electrons. The van der Waals surface area contributed by atoms with Crippen LogP contribution in [0.4, 0.5) is 16.2 Å². The Morgan fingerprint density at radius 3 is 2.03 bits per heavy atom. The van der Waals surface area contributed by atoms with Crippen molar-refractivity contribution in [2.75, 3.05) is 17.7 Å². The van der Waals surface area contributed by atoms with E-state index in [-0.39, 0.29) is 11.2 Å².